The average Bonchev–Trinajstić information content (AvgIpc) is 2.98. The van der Waals surface area contributed by atoms with Crippen LogP contribution in [0, 0.1) is 17.1 Å². The van der Waals surface area contributed by atoms with Crippen molar-refractivity contribution in [2.45, 2.75) is 6.42 Å². The summed E-state index contributed by atoms with van der Waals surface area (Å²) in [5, 5.41) is 10.9. The van der Waals surface area contributed by atoms with E-state index in [1.807, 2.05) is 17.5 Å². The summed E-state index contributed by atoms with van der Waals surface area (Å²) in [7, 11) is 0. The van der Waals surface area contributed by atoms with E-state index in [9.17, 15) is 4.39 Å². The van der Waals surface area contributed by atoms with Gasteiger partial charge in [-0.25, -0.2) is 9.37 Å². The second-order valence-corrected chi connectivity index (χ2v) is 4.74. The van der Waals surface area contributed by atoms with Crippen molar-refractivity contribution in [1.82, 2.24) is 9.38 Å². The summed E-state index contributed by atoms with van der Waals surface area (Å²) < 4.78 is 14.9. The highest BCUT2D eigenvalue weighted by molar-refractivity contribution is 7.13. The van der Waals surface area contributed by atoms with Crippen LogP contribution in [0.5, 0.6) is 0 Å². The molecule has 3 nitrogen and oxygen atoms in total. The molecule has 0 aliphatic rings. The lowest BCUT2D eigenvalue weighted by Gasteiger charge is -1.99. The quantitative estimate of drug-likeness (QED) is 0.707. The van der Waals surface area contributed by atoms with Gasteiger partial charge in [0.1, 0.15) is 17.2 Å². The average molecular weight is 257 g/mol. The van der Waals surface area contributed by atoms with Crippen molar-refractivity contribution < 1.29 is 4.39 Å². The summed E-state index contributed by atoms with van der Waals surface area (Å²) in [6.07, 6.45) is 1.57. The number of hydrogen-bond acceptors (Lipinski definition) is 3. The molecule has 0 atom stereocenters. The molecule has 3 aromatic heterocycles. The van der Waals surface area contributed by atoms with Crippen molar-refractivity contribution in [3.63, 3.8) is 0 Å². The van der Waals surface area contributed by atoms with E-state index in [0.717, 1.165) is 16.3 Å². The smallest absolute Gasteiger partial charge is 0.139 e. The van der Waals surface area contributed by atoms with Crippen LogP contribution in [-0.4, -0.2) is 9.38 Å². The minimum Gasteiger partial charge on any atom is -0.299 e. The Morgan fingerprint density at radius 2 is 2.28 bits per heavy atom. The van der Waals surface area contributed by atoms with Crippen LogP contribution in [0.4, 0.5) is 4.39 Å². The molecule has 3 rings (SSSR count). The van der Waals surface area contributed by atoms with Crippen molar-refractivity contribution in [2.24, 2.45) is 0 Å². The van der Waals surface area contributed by atoms with Gasteiger partial charge in [0.15, 0.2) is 0 Å². The van der Waals surface area contributed by atoms with Crippen LogP contribution >= 0.6 is 11.3 Å². The maximum Gasteiger partial charge on any atom is 0.139 e. The first-order valence-corrected chi connectivity index (χ1v) is 6.25. The third-order valence-corrected chi connectivity index (χ3v) is 3.56. The third kappa shape index (κ3) is 1.67. The van der Waals surface area contributed by atoms with Crippen molar-refractivity contribution in [3.8, 4) is 16.6 Å². The summed E-state index contributed by atoms with van der Waals surface area (Å²) >= 11 is 1.56. The number of imidazole rings is 1. The minimum absolute atomic E-state index is 0.206. The summed E-state index contributed by atoms with van der Waals surface area (Å²) in [6, 6.07) is 8.97. The van der Waals surface area contributed by atoms with Gasteiger partial charge in [-0.3, -0.25) is 4.40 Å². The third-order valence-electron chi connectivity index (χ3n) is 2.68. The Bertz CT molecular complexity index is 738. The molecule has 88 valence electrons. The van der Waals surface area contributed by atoms with Gasteiger partial charge in [0.2, 0.25) is 0 Å². The standard InChI is InChI=1S/C13H8FN3S/c14-9-3-4-12-16-13(11-2-1-7-18-11)10(5-6-15)17(12)8-9/h1-4,7-8H,5H2. The molecule has 0 bridgehead atoms. The topological polar surface area (TPSA) is 41.1 Å². The molecule has 3 heterocycles. The second-order valence-electron chi connectivity index (χ2n) is 3.79. The van der Waals surface area contributed by atoms with E-state index in [-0.39, 0.29) is 12.2 Å². The molecule has 0 spiro atoms. The van der Waals surface area contributed by atoms with E-state index < -0.39 is 0 Å². The summed E-state index contributed by atoms with van der Waals surface area (Å²) in [6.45, 7) is 0. The SMILES string of the molecule is N#CCc1c(-c2cccs2)nc2ccc(F)cn12. The molecule has 5 heteroatoms. The Labute approximate surface area is 107 Å². The molecule has 0 radical (unpaired) electrons. The van der Waals surface area contributed by atoms with E-state index in [2.05, 4.69) is 11.1 Å². The number of hydrogen-bond donors (Lipinski definition) is 0. The molecule has 0 aliphatic heterocycles. The number of aromatic nitrogens is 2. The van der Waals surface area contributed by atoms with E-state index in [0.29, 0.717) is 5.65 Å². The summed E-state index contributed by atoms with van der Waals surface area (Å²) in [5.74, 6) is -0.336. The van der Waals surface area contributed by atoms with Crippen molar-refractivity contribution in [1.29, 1.82) is 5.26 Å². The van der Waals surface area contributed by atoms with E-state index >= 15 is 0 Å². The lowest BCUT2D eigenvalue weighted by Crippen LogP contribution is -1.93. The van der Waals surface area contributed by atoms with Gasteiger partial charge in [0, 0.05) is 6.20 Å². The summed E-state index contributed by atoms with van der Waals surface area (Å²) in [4.78, 5) is 5.46. The fourth-order valence-electron chi connectivity index (χ4n) is 1.92. The number of fused-ring (bicyclic) bond motifs is 1. The minimum atomic E-state index is -0.336. The van der Waals surface area contributed by atoms with Crippen LogP contribution in [0.15, 0.2) is 35.8 Å². The molecular formula is C13H8FN3S. The number of rotatable bonds is 2. The Balaban J connectivity index is 2.31. The van der Waals surface area contributed by atoms with Gasteiger partial charge in [-0.15, -0.1) is 11.3 Å². The molecule has 18 heavy (non-hydrogen) atoms. The first-order valence-electron chi connectivity index (χ1n) is 5.37. The van der Waals surface area contributed by atoms with E-state index in [1.165, 1.54) is 12.3 Å². The monoisotopic (exact) mass is 257 g/mol. The number of nitrogens with zero attached hydrogens (tertiary/aromatic N) is 3. The Hall–Kier alpha value is -2.19. The number of pyridine rings is 1. The van der Waals surface area contributed by atoms with Crippen LogP contribution in [0.2, 0.25) is 0 Å². The van der Waals surface area contributed by atoms with Crippen molar-refractivity contribution in [3.05, 3.63) is 47.4 Å². The molecular weight excluding hydrogens is 249 g/mol. The fraction of sp³-hybridized carbons (Fsp3) is 0.0769. The van der Waals surface area contributed by atoms with Gasteiger partial charge in [0.25, 0.3) is 0 Å². The predicted molar refractivity (Wildman–Crippen MR) is 67.8 cm³/mol. The second kappa shape index (κ2) is 4.24. The number of thiophene rings is 1. The molecule has 0 unspecified atom stereocenters. The Morgan fingerprint density at radius 1 is 1.39 bits per heavy atom. The largest absolute Gasteiger partial charge is 0.299 e. The fourth-order valence-corrected chi connectivity index (χ4v) is 2.66. The van der Waals surface area contributed by atoms with Crippen LogP contribution in [0.25, 0.3) is 16.2 Å². The normalized spacial score (nSPS) is 10.7. The lowest BCUT2D eigenvalue weighted by molar-refractivity contribution is 0.618. The van der Waals surface area contributed by atoms with Gasteiger partial charge in [-0.1, -0.05) is 6.07 Å². The Morgan fingerprint density at radius 3 is 3.00 bits per heavy atom. The highest BCUT2D eigenvalue weighted by Gasteiger charge is 2.14. The molecule has 0 aliphatic carbocycles. The van der Waals surface area contributed by atoms with Gasteiger partial charge < -0.3 is 0 Å². The van der Waals surface area contributed by atoms with E-state index in [4.69, 9.17) is 5.26 Å². The number of halogens is 1. The maximum atomic E-state index is 13.3. The van der Waals surface area contributed by atoms with E-state index in [1.54, 1.807) is 21.8 Å². The highest BCUT2D eigenvalue weighted by Crippen LogP contribution is 2.28. The predicted octanol–water partition coefficient (Wildman–Crippen LogP) is 3.27. The van der Waals surface area contributed by atoms with Crippen LogP contribution < -0.4 is 0 Å². The molecule has 0 saturated carbocycles. The molecule has 0 fully saturated rings. The first kappa shape index (κ1) is 10.9. The zero-order chi connectivity index (χ0) is 12.5. The first-order chi connectivity index (χ1) is 8.79. The van der Waals surface area contributed by atoms with Crippen molar-refractivity contribution >= 4 is 17.0 Å². The molecule has 0 saturated heterocycles. The van der Waals surface area contributed by atoms with Gasteiger partial charge in [-0.05, 0) is 23.6 Å². The van der Waals surface area contributed by atoms with Gasteiger partial charge >= 0.3 is 0 Å². The molecule has 0 N–H and O–H groups in total. The van der Waals surface area contributed by atoms with Crippen LogP contribution in [0.3, 0.4) is 0 Å². The zero-order valence-corrected chi connectivity index (χ0v) is 10.1. The van der Waals surface area contributed by atoms with Gasteiger partial charge in [-0.2, -0.15) is 5.26 Å². The molecule has 0 aromatic carbocycles. The lowest BCUT2D eigenvalue weighted by atomic mass is 10.2. The molecule has 0 amide bonds. The van der Waals surface area contributed by atoms with Crippen molar-refractivity contribution in [2.75, 3.05) is 0 Å². The maximum absolute atomic E-state index is 13.3. The highest BCUT2D eigenvalue weighted by atomic mass is 32.1. The molecule has 3 aromatic rings. The number of nitriles is 1. The van der Waals surface area contributed by atoms with Crippen LogP contribution in [0.1, 0.15) is 5.69 Å². The summed E-state index contributed by atoms with van der Waals surface area (Å²) in [5.41, 5.74) is 2.15. The Kier molecular flexibility index (Phi) is 2.58. The van der Waals surface area contributed by atoms with Gasteiger partial charge in [0.05, 0.1) is 23.1 Å². The zero-order valence-electron chi connectivity index (χ0n) is 9.30. The van der Waals surface area contributed by atoms with Crippen LogP contribution in [-0.2, 0) is 6.42 Å².